The lowest BCUT2D eigenvalue weighted by Gasteiger charge is -2.54. The number of carbonyl (C=O) groups excluding carboxylic acids is 1. The molecule has 0 aliphatic heterocycles. The summed E-state index contributed by atoms with van der Waals surface area (Å²) in [5.41, 5.74) is 1.04. The van der Waals surface area contributed by atoms with Crippen molar-refractivity contribution < 1.29 is 9.18 Å². The molecule has 4 aliphatic rings. The number of halogens is 1. The SMILES string of the molecule is Cc1ccc(C(=O)NC2C3CC4CC(C3)CC2C4)c(F)c1. The van der Waals surface area contributed by atoms with Gasteiger partial charge in [-0.05, 0) is 80.4 Å². The second-order valence-electron chi connectivity index (χ2n) is 7.41. The number of hydrogen-bond acceptors (Lipinski definition) is 1. The van der Waals surface area contributed by atoms with Gasteiger partial charge in [0, 0.05) is 6.04 Å². The zero-order valence-electron chi connectivity index (χ0n) is 12.4. The summed E-state index contributed by atoms with van der Waals surface area (Å²) >= 11 is 0. The quantitative estimate of drug-likeness (QED) is 0.883. The van der Waals surface area contributed by atoms with E-state index in [1.54, 1.807) is 12.1 Å². The van der Waals surface area contributed by atoms with Crippen molar-refractivity contribution in [2.75, 3.05) is 0 Å². The summed E-state index contributed by atoms with van der Waals surface area (Å²) in [6, 6.07) is 5.11. The highest BCUT2D eigenvalue weighted by Gasteiger charge is 2.48. The molecule has 4 aliphatic carbocycles. The van der Waals surface area contributed by atoms with E-state index < -0.39 is 5.82 Å². The van der Waals surface area contributed by atoms with Crippen LogP contribution in [0.4, 0.5) is 4.39 Å². The highest BCUT2D eigenvalue weighted by Crippen LogP contribution is 2.53. The molecule has 0 aromatic heterocycles. The Balaban J connectivity index is 1.52. The molecule has 0 atom stereocenters. The van der Waals surface area contributed by atoms with Crippen LogP contribution in [0.1, 0.15) is 48.0 Å². The normalized spacial score (nSPS) is 36.8. The van der Waals surface area contributed by atoms with Crippen molar-refractivity contribution in [3.05, 3.63) is 35.1 Å². The van der Waals surface area contributed by atoms with E-state index >= 15 is 0 Å². The molecule has 1 aromatic carbocycles. The zero-order chi connectivity index (χ0) is 14.6. The van der Waals surface area contributed by atoms with Gasteiger partial charge in [-0.25, -0.2) is 4.39 Å². The summed E-state index contributed by atoms with van der Waals surface area (Å²) in [5, 5.41) is 3.16. The lowest BCUT2D eigenvalue weighted by molar-refractivity contribution is -0.0120. The Labute approximate surface area is 125 Å². The number of carbonyl (C=O) groups is 1. The Bertz CT molecular complexity index is 555. The van der Waals surface area contributed by atoms with E-state index in [0.29, 0.717) is 11.8 Å². The smallest absolute Gasteiger partial charge is 0.254 e. The third-order valence-electron chi connectivity index (χ3n) is 5.89. The van der Waals surface area contributed by atoms with Gasteiger partial charge < -0.3 is 5.32 Å². The van der Waals surface area contributed by atoms with Crippen LogP contribution >= 0.6 is 0 Å². The van der Waals surface area contributed by atoms with Gasteiger partial charge in [-0.1, -0.05) is 6.07 Å². The molecule has 4 fully saturated rings. The Morgan fingerprint density at radius 1 is 1.10 bits per heavy atom. The maximum Gasteiger partial charge on any atom is 0.254 e. The summed E-state index contributed by atoms with van der Waals surface area (Å²) in [7, 11) is 0. The summed E-state index contributed by atoms with van der Waals surface area (Å²) < 4.78 is 14.0. The van der Waals surface area contributed by atoms with E-state index in [9.17, 15) is 9.18 Å². The molecule has 0 spiro atoms. The van der Waals surface area contributed by atoms with Crippen LogP contribution < -0.4 is 5.32 Å². The third-order valence-corrected chi connectivity index (χ3v) is 5.89. The van der Waals surface area contributed by atoms with Crippen molar-refractivity contribution in [3.63, 3.8) is 0 Å². The second kappa shape index (κ2) is 4.82. The average Bonchev–Trinajstić information content (AvgIpc) is 2.41. The highest BCUT2D eigenvalue weighted by molar-refractivity contribution is 5.94. The van der Waals surface area contributed by atoms with Crippen molar-refractivity contribution >= 4 is 5.91 Å². The minimum atomic E-state index is -0.406. The first-order valence-corrected chi connectivity index (χ1v) is 8.17. The summed E-state index contributed by atoms with van der Waals surface area (Å²) in [5.74, 6) is 2.38. The minimum absolute atomic E-state index is 0.189. The van der Waals surface area contributed by atoms with Crippen LogP contribution in [0, 0.1) is 36.4 Å². The maximum atomic E-state index is 14.0. The highest BCUT2D eigenvalue weighted by atomic mass is 19.1. The first kappa shape index (κ1) is 13.3. The van der Waals surface area contributed by atoms with Gasteiger partial charge in [-0.3, -0.25) is 4.79 Å². The van der Waals surface area contributed by atoms with Crippen molar-refractivity contribution in [2.24, 2.45) is 23.7 Å². The van der Waals surface area contributed by atoms with Gasteiger partial charge in [0.1, 0.15) is 5.82 Å². The molecule has 0 saturated heterocycles. The molecule has 5 rings (SSSR count). The Morgan fingerprint density at radius 3 is 2.29 bits per heavy atom. The summed E-state index contributed by atoms with van der Waals surface area (Å²) in [6.07, 6.45) is 6.44. The van der Waals surface area contributed by atoms with Gasteiger partial charge in [0.2, 0.25) is 0 Å². The molecule has 21 heavy (non-hydrogen) atoms. The predicted octanol–water partition coefficient (Wildman–Crippen LogP) is 3.69. The van der Waals surface area contributed by atoms with E-state index in [4.69, 9.17) is 0 Å². The number of aryl methyl sites for hydroxylation is 1. The molecule has 0 heterocycles. The van der Waals surface area contributed by atoms with Gasteiger partial charge in [-0.2, -0.15) is 0 Å². The molecule has 4 bridgehead atoms. The summed E-state index contributed by atoms with van der Waals surface area (Å²) in [4.78, 5) is 12.4. The zero-order valence-corrected chi connectivity index (χ0v) is 12.4. The van der Waals surface area contributed by atoms with Gasteiger partial charge in [0.05, 0.1) is 5.56 Å². The maximum absolute atomic E-state index is 14.0. The minimum Gasteiger partial charge on any atom is -0.349 e. The van der Waals surface area contributed by atoms with Crippen LogP contribution in [0.3, 0.4) is 0 Å². The topological polar surface area (TPSA) is 29.1 Å². The van der Waals surface area contributed by atoms with Crippen molar-refractivity contribution in [2.45, 2.75) is 45.1 Å². The molecule has 0 unspecified atom stereocenters. The Hall–Kier alpha value is -1.38. The average molecular weight is 287 g/mol. The van der Waals surface area contributed by atoms with Gasteiger partial charge >= 0.3 is 0 Å². The second-order valence-corrected chi connectivity index (χ2v) is 7.41. The van der Waals surface area contributed by atoms with E-state index in [-0.39, 0.29) is 17.5 Å². The standard InChI is InChI=1S/C18H22FNO/c1-10-2-3-15(16(19)4-10)18(21)20-17-13-6-11-5-12(8-13)9-14(17)7-11/h2-4,11-14,17H,5-9H2,1H3,(H,20,21). The van der Waals surface area contributed by atoms with E-state index in [0.717, 1.165) is 17.4 Å². The largest absolute Gasteiger partial charge is 0.349 e. The fourth-order valence-electron chi connectivity index (χ4n) is 5.19. The fourth-order valence-corrected chi connectivity index (χ4v) is 5.19. The number of benzene rings is 1. The number of rotatable bonds is 2. The van der Waals surface area contributed by atoms with Crippen molar-refractivity contribution in [1.82, 2.24) is 5.32 Å². The Kier molecular flexibility index (Phi) is 3.05. The van der Waals surface area contributed by atoms with Gasteiger partial charge in [0.25, 0.3) is 5.91 Å². The van der Waals surface area contributed by atoms with Crippen molar-refractivity contribution in [3.8, 4) is 0 Å². The van der Waals surface area contributed by atoms with Crippen LogP contribution in [0.5, 0.6) is 0 Å². The van der Waals surface area contributed by atoms with E-state index in [2.05, 4.69) is 5.32 Å². The van der Waals surface area contributed by atoms with Crippen LogP contribution in [-0.4, -0.2) is 11.9 Å². The van der Waals surface area contributed by atoms with Crippen LogP contribution in [-0.2, 0) is 0 Å². The number of nitrogens with one attached hydrogen (secondary N) is 1. The molecule has 112 valence electrons. The predicted molar refractivity (Wildman–Crippen MR) is 79.4 cm³/mol. The molecule has 4 saturated carbocycles. The summed E-state index contributed by atoms with van der Waals surface area (Å²) in [6.45, 7) is 1.84. The molecular weight excluding hydrogens is 265 g/mol. The molecule has 2 nitrogen and oxygen atoms in total. The molecule has 1 amide bonds. The first-order chi connectivity index (χ1) is 10.1. The van der Waals surface area contributed by atoms with E-state index in [1.165, 1.54) is 38.2 Å². The molecule has 1 N–H and O–H groups in total. The number of hydrogen-bond donors (Lipinski definition) is 1. The molecular formula is C18H22FNO. The number of amides is 1. The molecule has 0 radical (unpaired) electrons. The molecule has 3 heteroatoms. The van der Waals surface area contributed by atoms with Gasteiger partial charge in [-0.15, -0.1) is 0 Å². The Morgan fingerprint density at radius 2 is 1.71 bits per heavy atom. The molecule has 1 aromatic rings. The monoisotopic (exact) mass is 287 g/mol. The van der Waals surface area contributed by atoms with Crippen LogP contribution in [0.25, 0.3) is 0 Å². The lowest BCUT2D eigenvalue weighted by atomic mass is 9.54. The van der Waals surface area contributed by atoms with Crippen LogP contribution in [0.2, 0.25) is 0 Å². The lowest BCUT2D eigenvalue weighted by Crippen LogP contribution is -2.55. The fraction of sp³-hybridized carbons (Fsp3) is 0.611. The van der Waals surface area contributed by atoms with Crippen LogP contribution in [0.15, 0.2) is 18.2 Å². The first-order valence-electron chi connectivity index (χ1n) is 8.17. The third kappa shape index (κ3) is 2.27. The van der Waals surface area contributed by atoms with Gasteiger partial charge in [0.15, 0.2) is 0 Å². The van der Waals surface area contributed by atoms with E-state index in [1.807, 2.05) is 6.92 Å². The van der Waals surface area contributed by atoms with Crippen molar-refractivity contribution in [1.29, 1.82) is 0 Å².